The first kappa shape index (κ1) is 4.22. The second kappa shape index (κ2) is 1.67. The van der Waals surface area contributed by atoms with Gasteiger partial charge in [-0.05, 0) is 5.41 Å². The maximum atomic E-state index is 5.37. The highest BCUT2D eigenvalue weighted by atomic mass is 32.2. The Balaban J connectivity index is 2.38. The number of hydrogen-bond acceptors (Lipinski definition) is 2. The zero-order valence-electron chi connectivity index (χ0n) is 3.29. The molecule has 2 N–H and O–H groups in total. The minimum Gasteiger partial charge on any atom is -0.323 e. The summed E-state index contributed by atoms with van der Waals surface area (Å²) in [5.41, 5.74) is 5.37. The summed E-state index contributed by atoms with van der Waals surface area (Å²) in [6, 6.07) is 0.204. The maximum Gasteiger partial charge on any atom is 0.0416 e. The van der Waals surface area contributed by atoms with Gasteiger partial charge in [-0.15, -0.1) is 11.8 Å². The molecule has 0 fully saturated rings. The lowest BCUT2D eigenvalue weighted by atomic mass is 10.4. The van der Waals surface area contributed by atoms with Crippen LogP contribution in [0.1, 0.15) is 0 Å². The predicted octanol–water partition coefficient (Wildman–Crippen LogP) is 0.736. The highest BCUT2D eigenvalue weighted by Gasteiger charge is 2.00. The molecule has 0 spiro atoms. The van der Waals surface area contributed by atoms with Crippen LogP contribution in [0, 0.1) is 5.75 Å². The summed E-state index contributed by atoms with van der Waals surface area (Å²) in [4.78, 5) is 0. The first-order chi connectivity index (χ1) is 2.89. The third kappa shape index (κ3) is 0.758. The quantitative estimate of drug-likeness (QED) is 0.485. The standard InChI is InChI=1S/C4H6NS/c5-4-1-2-6-3-4/h1-4H,5H2. The molecule has 0 saturated heterocycles. The molecular formula is C4H6NS. The fourth-order valence-corrected chi connectivity index (χ4v) is 0.953. The molecule has 1 atom stereocenters. The first-order valence-corrected chi connectivity index (χ1v) is 2.75. The Labute approximate surface area is 41.6 Å². The number of hydrogen-bond donors (Lipinski definition) is 1. The molecule has 0 aromatic heterocycles. The van der Waals surface area contributed by atoms with Crippen LogP contribution in [0.4, 0.5) is 0 Å². The summed E-state index contributed by atoms with van der Waals surface area (Å²) in [6.07, 6.45) is 1.96. The Morgan fingerprint density at radius 1 is 1.67 bits per heavy atom. The van der Waals surface area contributed by atoms with Crippen molar-refractivity contribution in [3.05, 3.63) is 17.2 Å². The topological polar surface area (TPSA) is 26.0 Å². The van der Waals surface area contributed by atoms with Gasteiger partial charge in [0.2, 0.25) is 0 Å². The fourth-order valence-electron chi connectivity index (χ4n) is 0.318. The van der Waals surface area contributed by atoms with Gasteiger partial charge in [0, 0.05) is 11.8 Å². The van der Waals surface area contributed by atoms with Gasteiger partial charge < -0.3 is 5.73 Å². The van der Waals surface area contributed by atoms with E-state index in [-0.39, 0.29) is 6.04 Å². The van der Waals surface area contributed by atoms with Crippen molar-refractivity contribution in [3.8, 4) is 0 Å². The van der Waals surface area contributed by atoms with Crippen LogP contribution in [0.2, 0.25) is 0 Å². The Bertz CT molecular complexity index is 69.9. The van der Waals surface area contributed by atoms with Gasteiger partial charge in [-0.2, -0.15) is 0 Å². The highest BCUT2D eigenvalue weighted by molar-refractivity contribution is 8.04. The fraction of sp³-hybridized carbons (Fsp3) is 0.250. The average molecular weight is 100 g/mol. The predicted molar refractivity (Wildman–Crippen MR) is 29.0 cm³/mol. The second-order valence-electron chi connectivity index (χ2n) is 1.18. The minimum atomic E-state index is 0.204. The smallest absolute Gasteiger partial charge is 0.0416 e. The van der Waals surface area contributed by atoms with Gasteiger partial charge in [0.15, 0.2) is 0 Å². The van der Waals surface area contributed by atoms with Crippen molar-refractivity contribution in [2.24, 2.45) is 5.73 Å². The third-order valence-corrected chi connectivity index (χ3v) is 1.40. The molecule has 0 aromatic carbocycles. The lowest BCUT2D eigenvalue weighted by Gasteiger charge is -1.89. The minimum absolute atomic E-state index is 0.204. The Morgan fingerprint density at radius 2 is 2.50 bits per heavy atom. The summed E-state index contributed by atoms with van der Waals surface area (Å²) >= 11 is 1.65. The van der Waals surface area contributed by atoms with E-state index in [9.17, 15) is 0 Å². The molecule has 1 heterocycles. The molecule has 1 aliphatic heterocycles. The van der Waals surface area contributed by atoms with Crippen molar-refractivity contribution in [2.75, 3.05) is 0 Å². The van der Waals surface area contributed by atoms with Crippen LogP contribution in [0.3, 0.4) is 0 Å². The molecule has 0 saturated carbocycles. The van der Waals surface area contributed by atoms with Gasteiger partial charge in [0.05, 0.1) is 0 Å². The van der Waals surface area contributed by atoms with Gasteiger partial charge in [-0.1, -0.05) is 6.08 Å². The van der Waals surface area contributed by atoms with Crippen molar-refractivity contribution in [2.45, 2.75) is 6.04 Å². The maximum absolute atomic E-state index is 5.37. The van der Waals surface area contributed by atoms with E-state index < -0.39 is 0 Å². The summed E-state index contributed by atoms with van der Waals surface area (Å²) < 4.78 is 0. The molecule has 33 valence electrons. The number of nitrogens with two attached hydrogens (primary N) is 1. The van der Waals surface area contributed by atoms with Gasteiger partial charge in [0.1, 0.15) is 0 Å². The van der Waals surface area contributed by atoms with Gasteiger partial charge >= 0.3 is 0 Å². The van der Waals surface area contributed by atoms with Crippen LogP contribution in [-0.2, 0) is 0 Å². The molecule has 1 nitrogen and oxygen atoms in total. The van der Waals surface area contributed by atoms with Gasteiger partial charge in [-0.25, -0.2) is 0 Å². The summed E-state index contributed by atoms with van der Waals surface area (Å²) in [7, 11) is 0. The molecule has 2 heteroatoms. The first-order valence-electron chi connectivity index (χ1n) is 1.80. The summed E-state index contributed by atoms with van der Waals surface area (Å²) in [5, 5.41) is 1.99. The van der Waals surface area contributed by atoms with E-state index in [0.717, 1.165) is 0 Å². The molecule has 1 rings (SSSR count). The van der Waals surface area contributed by atoms with E-state index in [2.05, 4.69) is 0 Å². The Hall–Kier alpha value is 0.0500. The van der Waals surface area contributed by atoms with E-state index in [1.165, 1.54) is 0 Å². The van der Waals surface area contributed by atoms with Crippen molar-refractivity contribution < 1.29 is 0 Å². The molecule has 0 aromatic rings. The van der Waals surface area contributed by atoms with E-state index >= 15 is 0 Å². The van der Waals surface area contributed by atoms with E-state index in [1.54, 1.807) is 11.8 Å². The lowest BCUT2D eigenvalue weighted by Crippen LogP contribution is -2.11. The molecule has 1 aliphatic rings. The third-order valence-electron chi connectivity index (χ3n) is 0.615. The molecule has 0 aliphatic carbocycles. The number of rotatable bonds is 0. The molecular weight excluding hydrogens is 94.1 g/mol. The van der Waals surface area contributed by atoms with Crippen molar-refractivity contribution in [1.82, 2.24) is 0 Å². The largest absolute Gasteiger partial charge is 0.323 e. The normalized spacial score (nSPS) is 31.8. The monoisotopic (exact) mass is 100 g/mol. The number of thioether (sulfide) groups is 1. The van der Waals surface area contributed by atoms with Crippen molar-refractivity contribution >= 4 is 11.8 Å². The molecule has 6 heavy (non-hydrogen) atoms. The van der Waals surface area contributed by atoms with Crippen LogP contribution in [0.25, 0.3) is 0 Å². The zero-order chi connectivity index (χ0) is 4.41. The summed E-state index contributed by atoms with van der Waals surface area (Å²) in [6.45, 7) is 0. The molecule has 0 amide bonds. The molecule has 1 unspecified atom stereocenters. The van der Waals surface area contributed by atoms with Crippen LogP contribution < -0.4 is 5.73 Å². The van der Waals surface area contributed by atoms with Gasteiger partial charge in [-0.3, -0.25) is 0 Å². The van der Waals surface area contributed by atoms with Crippen molar-refractivity contribution in [1.29, 1.82) is 0 Å². The molecule has 1 radical (unpaired) electrons. The van der Waals surface area contributed by atoms with Crippen LogP contribution in [0.5, 0.6) is 0 Å². The highest BCUT2D eigenvalue weighted by Crippen LogP contribution is 2.16. The van der Waals surface area contributed by atoms with Crippen molar-refractivity contribution in [3.63, 3.8) is 0 Å². The summed E-state index contributed by atoms with van der Waals surface area (Å²) in [5.74, 6) is 1.99. The zero-order valence-corrected chi connectivity index (χ0v) is 4.11. The second-order valence-corrected chi connectivity index (χ2v) is 1.99. The van der Waals surface area contributed by atoms with E-state index in [0.29, 0.717) is 0 Å². The van der Waals surface area contributed by atoms with Crippen LogP contribution in [-0.4, -0.2) is 6.04 Å². The van der Waals surface area contributed by atoms with Crippen LogP contribution >= 0.6 is 11.8 Å². The van der Waals surface area contributed by atoms with E-state index in [1.807, 2.05) is 17.2 Å². The van der Waals surface area contributed by atoms with Crippen LogP contribution in [0.15, 0.2) is 11.5 Å². The van der Waals surface area contributed by atoms with E-state index in [4.69, 9.17) is 5.73 Å². The Morgan fingerprint density at radius 3 is 2.67 bits per heavy atom. The SMILES string of the molecule is NC1[CH]SC=C1. The molecule has 0 bridgehead atoms. The lowest BCUT2D eigenvalue weighted by molar-refractivity contribution is 1.02. The Kier molecular flexibility index (Phi) is 1.17. The average Bonchev–Trinajstić information content (AvgIpc) is 1.86. The van der Waals surface area contributed by atoms with Gasteiger partial charge in [0.25, 0.3) is 0 Å².